The number of nitrogens with two attached hydrogens (primary N) is 2. The first kappa shape index (κ1) is 37.8. The average molecular weight is 621 g/mol. The number of ether oxygens (including phenoxy) is 2. The summed E-state index contributed by atoms with van der Waals surface area (Å²) in [6, 6.07) is 9.12. The summed E-state index contributed by atoms with van der Waals surface area (Å²) in [7, 11) is 3.19. The SMILES string of the molecule is CC=N[C@H]1CCCC[C@@H]1N=Cc1cc(CC)cc(C)c1OC.CCc1cc(C=O)c(OC)c(C(C)=O)c1.NC1CCCCC1N. The van der Waals surface area contributed by atoms with E-state index in [2.05, 4.69) is 31.0 Å². The first-order valence-electron chi connectivity index (χ1n) is 16.5. The summed E-state index contributed by atoms with van der Waals surface area (Å²) in [5.41, 5.74) is 16.8. The predicted molar refractivity (Wildman–Crippen MR) is 187 cm³/mol. The lowest BCUT2D eigenvalue weighted by Gasteiger charge is -2.25. The maximum absolute atomic E-state index is 11.4. The van der Waals surface area contributed by atoms with Crippen LogP contribution in [0.1, 0.15) is 122 Å². The Kier molecular flexibility index (Phi) is 16.7. The van der Waals surface area contributed by atoms with Crippen molar-refractivity contribution in [3.63, 3.8) is 0 Å². The van der Waals surface area contributed by atoms with E-state index in [1.807, 2.05) is 26.3 Å². The number of aldehydes is 1. The molecule has 4 N–H and O–H groups in total. The number of carbonyl (C=O) groups is 2. The van der Waals surface area contributed by atoms with Crippen LogP contribution in [0.3, 0.4) is 0 Å². The molecule has 2 unspecified atom stereocenters. The van der Waals surface area contributed by atoms with Crippen LogP contribution in [0.2, 0.25) is 0 Å². The van der Waals surface area contributed by atoms with Crippen LogP contribution in [0.15, 0.2) is 34.3 Å². The van der Waals surface area contributed by atoms with E-state index in [4.69, 9.17) is 25.9 Å². The highest BCUT2D eigenvalue weighted by Gasteiger charge is 2.23. The third kappa shape index (κ3) is 11.5. The highest BCUT2D eigenvalue weighted by Crippen LogP contribution is 2.27. The lowest BCUT2D eigenvalue weighted by atomic mass is 9.91. The zero-order chi connectivity index (χ0) is 33.4. The topological polar surface area (TPSA) is 129 Å². The molecule has 8 heteroatoms. The van der Waals surface area contributed by atoms with Gasteiger partial charge in [-0.2, -0.15) is 0 Å². The molecule has 0 spiro atoms. The molecular formula is C37H56N4O4. The van der Waals surface area contributed by atoms with Crippen molar-refractivity contribution in [1.29, 1.82) is 0 Å². The summed E-state index contributed by atoms with van der Waals surface area (Å²) < 4.78 is 10.6. The highest BCUT2D eigenvalue weighted by atomic mass is 16.5. The monoisotopic (exact) mass is 620 g/mol. The van der Waals surface area contributed by atoms with Crippen molar-refractivity contribution >= 4 is 24.5 Å². The smallest absolute Gasteiger partial charge is 0.163 e. The maximum Gasteiger partial charge on any atom is 0.163 e. The molecule has 0 saturated heterocycles. The molecule has 2 aliphatic rings. The molecular weight excluding hydrogens is 564 g/mol. The fourth-order valence-corrected chi connectivity index (χ4v) is 5.95. The summed E-state index contributed by atoms with van der Waals surface area (Å²) in [4.78, 5) is 31.7. The minimum atomic E-state index is -0.0924. The van der Waals surface area contributed by atoms with E-state index >= 15 is 0 Å². The van der Waals surface area contributed by atoms with Gasteiger partial charge in [0.05, 0.1) is 37.4 Å². The van der Waals surface area contributed by atoms with Crippen molar-refractivity contribution in [2.75, 3.05) is 14.2 Å². The lowest BCUT2D eigenvalue weighted by Crippen LogP contribution is -2.43. The molecule has 4 rings (SSSR count). The summed E-state index contributed by atoms with van der Waals surface area (Å²) >= 11 is 0. The van der Waals surface area contributed by atoms with Crippen molar-refractivity contribution in [3.05, 3.63) is 57.6 Å². The number of aliphatic imine (C=N–C) groups is 2. The van der Waals surface area contributed by atoms with Crippen LogP contribution in [-0.4, -0.2) is 62.9 Å². The van der Waals surface area contributed by atoms with Gasteiger partial charge in [-0.05, 0) is 100 Å². The van der Waals surface area contributed by atoms with Crippen molar-refractivity contribution in [3.8, 4) is 11.5 Å². The summed E-state index contributed by atoms with van der Waals surface area (Å²) in [5, 5.41) is 0. The average Bonchev–Trinajstić information content (AvgIpc) is 3.05. The molecule has 2 fully saturated rings. The summed E-state index contributed by atoms with van der Waals surface area (Å²) in [5.74, 6) is 1.22. The molecule has 248 valence electrons. The van der Waals surface area contributed by atoms with Crippen LogP contribution in [0.25, 0.3) is 0 Å². The quantitative estimate of drug-likeness (QED) is 0.179. The van der Waals surface area contributed by atoms with Gasteiger partial charge in [0.15, 0.2) is 12.1 Å². The normalized spacial score (nSPS) is 21.4. The fourth-order valence-electron chi connectivity index (χ4n) is 5.95. The largest absolute Gasteiger partial charge is 0.496 e. The number of hydrogen-bond acceptors (Lipinski definition) is 8. The van der Waals surface area contributed by atoms with Gasteiger partial charge < -0.3 is 20.9 Å². The molecule has 0 radical (unpaired) electrons. The van der Waals surface area contributed by atoms with Gasteiger partial charge in [0.2, 0.25) is 0 Å². The van der Waals surface area contributed by atoms with Crippen LogP contribution in [0.4, 0.5) is 0 Å². The molecule has 45 heavy (non-hydrogen) atoms. The van der Waals surface area contributed by atoms with Crippen LogP contribution >= 0.6 is 0 Å². The van der Waals surface area contributed by atoms with E-state index < -0.39 is 0 Å². The number of ketones is 1. The Balaban J connectivity index is 0.000000263. The van der Waals surface area contributed by atoms with E-state index in [1.165, 1.54) is 50.8 Å². The van der Waals surface area contributed by atoms with Gasteiger partial charge in [0.25, 0.3) is 0 Å². The van der Waals surface area contributed by atoms with Gasteiger partial charge in [-0.15, -0.1) is 0 Å². The maximum atomic E-state index is 11.4. The summed E-state index contributed by atoms with van der Waals surface area (Å²) in [6.07, 6.45) is 16.0. The third-order valence-electron chi connectivity index (χ3n) is 8.59. The Morgan fingerprint density at radius 2 is 1.33 bits per heavy atom. The van der Waals surface area contributed by atoms with Gasteiger partial charge >= 0.3 is 0 Å². The first-order valence-corrected chi connectivity index (χ1v) is 16.5. The van der Waals surface area contributed by atoms with Crippen LogP contribution in [-0.2, 0) is 12.8 Å². The highest BCUT2D eigenvalue weighted by molar-refractivity contribution is 6.00. The van der Waals surface area contributed by atoms with E-state index in [1.54, 1.807) is 19.2 Å². The summed E-state index contributed by atoms with van der Waals surface area (Å²) in [6.45, 7) is 9.70. The van der Waals surface area contributed by atoms with Crippen molar-refractivity contribution in [2.45, 2.75) is 123 Å². The molecule has 0 aromatic heterocycles. The molecule has 2 saturated carbocycles. The Morgan fingerprint density at radius 3 is 1.80 bits per heavy atom. The zero-order valence-corrected chi connectivity index (χ0v) is 28.6. The minimum Gasteiger partial charge on any atom is -0.496 e. The Labute approximate surface area is 271 Å². The van der Waals surface area contributed by atoms with E-state index in [-0.39, 0.29) is 17.9 Å². The molecule has 4 atom stereocenters. The number of aryl methyl sites for hydroxylation is 3. The Morgan fingerprint density at radius 1 is 0.822 bits per heavy atom. The molecule has 0 heterocycles. The fraction of sp³-hybridized carbons (Fsp3) is 0.568. The second kappa shape index (κ2) is 19.9. The second-order valence-electron chi connectivity index (χ2n) is 11.9. The molecule has 2 aromatic carbocycles. The number of Topliss-reactive ketones (excluding diaryl/α,β-unsaturated/α-hetero) is 1. The van der Waals surface area contributed by atoms with Crippen molar-refractivity contribution < 1.29 is 19.1 Å². The van der Waals surface area contributed by atoms with Gasteiger partial charge in [0.1, 0.15) is 11.5 Å². The number of methoxy groups -OCH3 is 2. The third-order valence-corrected chi connectivity index (χ3v) is 8.59. The number of rotatable bonds is 9. The molecule has 2 aromatic rings. The minimum absolute atomic E-state index is 0.0924. The van der Waals surface area contributed by atoms with Gasteiger partial charge in [0, 0.05) is 23.9 Å². The zero-order valence-electron chi connectivity index (χ0n) is 28.6. The first-order chi connectivity index (χ1) is 21.6. The molecule has 2 aliphatic carbocycles. The Hall–Kier alpha value is -3.36. The van der Waals surface area contributed by atoms with Crippen LogP contribution in [0, 0.1) is 6.92 Å². The van der Waals surface area contributed by atoms with Crippen molar-refractivity contribution in [1.82, 2.24) is 0 Å². The Bertz CT molecular complexity index is 1280. The number of benzene rings is 2. The van der Waals surface area contributed by atoms with E-state index in [9.17, 15) is 9.59 Å². The van der Waals surface area contributed by atoms with E-state index in [0.29, 0.717) is 35.2 Å². The predicted octanol–water partition coefficient (Wildman–Crippen LogP) is 6.87. The van der Waals surface area contributed by atoms with Gasteiger partial charge in [-0.1, -0.05) is 45.6 Å². The number of hydrogen-bond donors (Lipinski definition) is 2. The number of nitrogens with zero attached hydrogens (tertiary/aromatic N) is 2. The van der Waals surface area contributed by atoms with Gasteiger partial charge in [-0.3, -0.25) is 19.6 Å². The van der Waals surface area contributed by atoms with Crippen molar-refractivity contribution in [2.24, 2.45) is 21.5 Å². The molecule has 0 bridgehead atoms. The van der Waals surface area contributed by atoms with Crippen LogP contribution < -0.4 is 20.9 Å². The van der Waals surface area contributed by atoms with Crippen LogP contribution in [0.5, 0.6) is 11.5 Å². The van der Waals surface area contributed by atoms with Gasteiger partial charge in [-0.25, -0.2) is 0 Å². The second-order valence-corrected chi connectivity index (χ2v) is 11.9. The lowest BCUT2D eigenvalue weighted by molar-refractivity contribution is 0.101. The molecule has 0 aliphatic heterocycles. The molecule has 0 amide bonds. The van der Waals surface area contributed by atoms with E-state index in [0.717, 1.165) is 55.4 Å². The number of carbonyl (C=O) groups excluding carboxylic acids is 2. The molecule has 8 nitrogen and oxygen atoms in total. The standard InChI is InChI=1S/C19H28N2O.C12H14O3.C6H14N2/c1-5-15-11-14(3)19(22-4)16(12-15)13-21-18-10-8-7-9-17(18)20-6-2;1-4-9-5-10(7-13)12(15-3)11(6-9)8(2)14;7-5-3-1-2-4-6(5)8/h6,11-13,17-18H,5,7-10H2,1-4H3;5-7H,4H2,1-3H3;5-6H,1-4,7-8H2/t17-,18-;;/m0../s1.